The molecule has 0 saturated heterocycles. The molecule has 1 aromatic rings. The van der Waals surface area contributed by atoms with Crippen molar-refractivity contribution in [2.75, 3.05) is 18.4 Å². The Bertz CT molecular complexity index is 564. The molecule has 0 bridgehead atoms. The molecule has 1 aliphatic rings. The summed E-state index contributed by atoms with van der Waals surface area (Å²) in [5, 5.41) is 5.87. The lowest BCUT2D eigenvalue weighted by Gasteiger charge is -2.31. The zero-order valence-corrected chi connectivity index (χ0v) is 14.8. The first-order valence-electron chi connectivity index (χ1n) is 8.24. The van der Waals surface area contributed by atoms with Gasteiger partial charge in [0, 0.05) is 24.7 Å². The molecule has 1 aromatic heterocycles. The molecule has 0 fully saturated rings. The molecule has 0 saturated carbocycles. The number of aryl methyl sites for hydroxylation is 1. The minimum Gasteiger partial charge on any atom is -0.444 e. The molecule has 6 heteroatoms. The molecule has 0 radical (unpaired) electrons. The Kier molecular flexibility index (Phi) is 5.12. The highest BCUT2D eigenvalue weighted by Gasteiger charge is 2.29. The molecule has 0 aromatic carbocycles. The Morgan fingerprint density at radius 3 is 2.78 bits per heavy atom. The zero-order valence-electron chi connectivity index (χ0n) is 14.8. The van der Waals surface area contributed by atoms with E-state index < -0.39 is 11.7 Å². The summed E-state index contributed by atoms with van der Waals surface area (Å²) in [7, 11) is 0. The van der Waals surface area contributed by atoms with Crippen LogP contribution in [0.2, 0.25) is 0 Å². The number of alkyl carbamates (subject to hydrolysis) is 1. The molecule has 0 aliphatic heterocycles. The number of anilines is 1. The largest absolute Gasteiger partial charge is 0.444 e. The number of hydrogen-bond donors (Lipinski definition) is 2. The van der Waals surface area contributed by atoms with Crippen molar-refractivity contribution in [2.24, 2.45) is 0 Å². The van der Waals surface area contributed by atoms with Gasteiger partial charge in [0.2, 0.25) is 5.95 Å². The monoisotopic (exact) mass is 320 g/mol. The summed E-state index contributed by atoms with van der Waals surface area (Å²) >= 11 is 0. The van der Waals surface area contributed by atoms with Gasteiger partial charge in [0.15, 0.2) is 0 Å². The maximum Gasteiger partial charge on any atom is 0.407 e. The van der Waals surface area contributed by atoms with E-state index in [4.69, 9.17) is 4.74 Å². The Morgan fingerprint density at radius 2 is 2.09 bits per heavy atom. The summed E-state index contributed by atoms with van der Waals surface area (Å²) in [5.74, 6) is 0.615. The van der Waals surface area contributed by atoms with Crippen molar-refractivity contribution >= 4 is 12.0 Å². The third-order valence-electron chi connectivity index (χ3n) is 3.83. The van der Waals surface area contributed by atoms with Gasteiger partial charge >= 0.3 is 6.09 Å². The number of amides is 1. The lowest BCUT2D eigenvalue weighted by atomic mass is 9.76. The number of nitrogens with one attached hydrogen (secondary N) is 2. The number of fused-ring (bicyclic) bond motifs is 1. The molecular formula is C17H28N4O2. The van der Waals surface area contributed by atoms with Gasteiger partial charge in [0.1, 0.15) is 5.60 Å². The van der Waals surface area contributed by atoms with E-state index >= 15 is 0 Å². The summed E-state index contributed by atoms with van der Waals surface area (Å²) in [6.07, 6.45) is 4.91. The summed E-state index contributed by atoms with van der Waals surface area (Å²) in [5.41, 5.74) is 2.01. The normalized spacial score (nSPS) is 16.4. The highest BCUT2D eigenvalue weighted by molar-refractivity contribution is 5.67. The van der Waals surface area contributed by atoms with Gasteiger partial charge in [0.05, 0.1) is 5.69 Å². The van der Waals surface area contributed by atoms with Crippen molar-refractivity contribution in [3.63, 3.8) is 0 Å². The van der Waals surface area contributed by atoms with Gasteiger partial charge in [-0.1, -0.05) is 13.8 Å². The van der Waals surface area contributed by atoms with Gasteiger partial charge in [-0.25, -0.2) is 14.8 Å². The number of carbonyl (C=O) groups excluding carboxylic acids is 1. The average molecular weight is 320 g/mol. The van der Waals surface area contributed by atoms with Gasteiger partial charge in [-0.2, -0.15) is 0 Å². The second-order valence-corrected chi connectivity index (χ2v) is 7.66. The molecule has 1 heterocycles. The van der Waals surface area contributed by atoms with E-state index in [1.807, 2.05) is 27.0 Å². The molecule has 0 spiro atoms. The first-order valence-corrected chi connectivity index (χ1v) is 8.24. The van der Waals surface area contributed by atoms with E-state index in [0.29, 0.717) is 19.0 Å². The molecule has 0 atom stereocenters. The zero-order chi connectivity index (χ0) is 17.1. The fourth-order valence-electron chi connectivity index (χ4n) is 2.75. The van der Waals surface area contributed by atoms with Gasteiger partial charge in [-0.15, -0.1) is 0 Å². The van der Waals surface area contributed by atoms with Crippen LogP contribution in [0.5, 0.6) is 0 Å². The summed E-state index contributed by atoms with van der Waals surface area (Å²) < 4.78 is 5.18. The van der Waals surface area contributed by atoms with Gasteiger partial charge in [-0.05, 0) is 45.6 Å². The molecule has 6 nitrogen and oxygen atoms in total. The van der Waals surface area contributed by atoms with Crippen LogP contribution in [-0.4, -0.2) is 34.8 Å². The topological polar surface area (TPSA) is 76.1 Å². The maximum absolute atomic E-state index is 11.6. The van der Waals surface area contributed by atoms with Crippen molar-refractivity contribution in [3.8, 4) is 0 Å². The standard InChI is InChI=1S/C17H28N4O2/c1-16(2,3)23-15(22)19-10-9-18-14-20-11-12-7-6-8-17(4,5)13(12)21-14/h11H,6-10H2,1-5H3,(H,19,22)(H,18,20,21). The quantitative estimate of drug-likeness (QED) is 0.834. The highest BCUT2D eigenvalue weighted by atomic mass is 16.6. The van der Waals surface area contributed by atoms with Crippen LogP contribution in [0.4, 0.5) is 10.7 Å². The molecule has 2 N–H and O–H groups in total. The average Bonchev–Trinajstić information content (AvgIpc) is 2.42. The van der Waals surface area contributed by atoms with Gasteiger partial charge in [-0.3, -0.25) is 0 Å². The number of aromatic nitrogens is 2. The van der Waals surface area contributed by atoms with Crippen molar-refractivity contribution in [2.45, 2.75) is 64.9 Å². The summed E-state index contributed by atoms with van der Waals surface area (Å²) in [6.45, 7) is 11.0. The number of ether oxygens (including phenoxy) is 1. The molecule has 0 unspecified atom stereocenters. The van der Waals surface area contributed by atoms with Crippen LogP contribution in [0.1, 0.15) is 58.7 Å². The second-order valence-electron chi connectivity index (χ2n) is 7.66. The third kappa shape index (κ3) is 5.08. The number of hydrogen-bond acceptors (Lipinski definition) is 5. The van der Waals surface area contributed by atoms with Crippen molar-refractivity contribution < 1.29 is 9.53 Å². The smallest absolute Gasteiger partial charge is 0.407 e. The van der Waals surface area contributed by atoms with Gasteiger partial charge in [0.25, 0.3) is 0 Å². The Hall–Kier alpha value is -1.85. The summed E-state index contributed by atoms with van der Waals surface area (Å²) in [6, 6.07) is 0. The van der Waals surface area contributed by atoms with E-state index in [0.717, 1.165) is 18.5 Å². The predicted octanol–water partition coefficient (Wildman–Crippen LogP) is 3.03. The molecule has 1 aliphatic carbocycles. The number of nitrogens with zero attached hydrogens (tertiary/aromatic N) is 2. The van der Waals surface area contributed by atoms with Crippen LogP contribution in [0.3, 0.4) is 0 Å². The minimum absolute atomic E-state index is 0.0989. The fraction of sp³-hybridized carbons (Fsp3) is 0.706. The van der Waals surface area contributed by atoms with Gasteiger partial charge < -0.3 is 15.4 Å². The molecule has 2 rings (SSSR count). The third-order valence-corrected chi connectivity index (χ3v) is 3.83. The number of rotatable bonds is 4. The second kappa shape index (κ2) is 6.72. The highest BCUT2D eigenvalue weighted by Crippen LogP contribution is 2.35. The SMILES string of the molecule is CC(C)(C)OC(=O)NCCNc1ncc2c(n1)C(C)(C)CCC2. The van der Waals surface area contributed by atoms with E-state index in [9.17, 15) is 4.79 Å². The fourth-order valence-corrected chi connectivity index (χ4v) is 2.75. The Morgan fingerprint density at radius 1 is 1.35 bits per heavy atom. The van der Waals surface area contributed by atoms with E-state index in [1.54, 1.807) is 0 Å². The van der Waals surface area contributed by atoms with Crippen molar-refractivity contribution in [1.82, 2.24) is 15.3 Å². The Labute approximate surface area is 138 Å². The first-order chi connectivity index (χ1) is 10.7. The van der Waals surface area contributed by atoms with E-state index in [-0.39, 0.29) is 5.41 Å². The van der Waals surface area contributed by atoms with Crippen LogP contribution in [0.25, 0.3) is 0 Å². The van der Waals surface area contributed by atoms with Crippen LogP contribution < -0.4 is 10.6 Å². The minimum atomic E-state index is -0.481. The molecule has 128 valence electrons. The lowest BCUT2D eigenvalue weighted by Crippen LogP contribution is -2.35. The van der Waals surface area contributed by atoms with Crippen LogP contribution in [0, 0.1) is 0 Å². The Balaban J connectivity index is 1.84. The van der Waals surface area contributed by atoms with E-state index in [1.165, 1.54) is 12.0 Å². The lowest BCUT2D eigenvalue weighted by molar-refractivity contribution is 0.0530. The molecule has 1 amide bonds. The molecule has 23 heavy (non-hydrogen) atoms. The van der Waals surface area contributed by atoms with Crippen LogP contribution >= 0.6 is 0 Å². The first kappa shape index (κ1) is 17.5. The maximum atomic E-state index is 11.6. The van der Waals surface area contributed by atoms with Crippen molar-refractivity contribution in [3.05, 3.63) is 17.5 Å². The summed E-state index contributed by atoms with van der Waals surface area (Å²) in [4.78, 5) is 20.6. The predicted molar refractivity (Wildman–Crippen MR) is 90.7 cm³/mol. The van der Waals surface area contributed by atoms with Crippen molar-refractivity contribution in [1.29, 1.82) is 0 Å². The molecular weight excluding hydrogens is 292 g/mol. The van der Waals surface area contributed by atoms with Crippen LogP contribution in [0.15, 0.2) is 6.20 Å². The van der Waals surface area contributed by atoms with Crippen LogP contribution in [-0.2, 0) is 16.6 Å². The number of carbonyl (C=O) groups is 1. The van der Waals surface area contributed by atoms with E-state index in [2.05, 4.69) is 34.4 Å².